The maximum atomic E-state index is 13.0. The summed E-state index contributed by atoms with van der Waals surface area (Å²) in [5, 5.41) is 4.63. The molecule has 1 saturated carbocycles. The van der Waals surface area contributed by atoms with Gasteiger partial charge >= 0.3 is 0 Å². The highest BCUT2D eigenvalue weighted by molar-refractivity contribution is 7.99. The molecule has 174 valence electrons. The molecule has 32 heavy (non-hydrogen) atoms. The topological polar surface area (TPSA) is 76.5 Å². The van der Waals surface area contributed by atoms with Crippen LogP contribution in [0.2, 0.25) is 0 Å². The number of hydrogen-bond acceptors (Lipinski definition) is 7. The molecule has 2 aromatic heterocycles. The zero-order chi connectivity index (χ0) is 22.1. The number of amides is 1. The Morgan fingerprint density at radius 3 is 2.75 bits per heavy atom. The molecule has 2 aromatic rings. The van der Waals surface area contributed by atoms with E-state index in [1.807, 2.05) is 0 Å². The van der Waals surface area contributed by atoms with E-state index in [4.69, 9.17) is 9.72 Å². The van der Waals surface area contributed by atoms with Crippen molar-refractivity contribution < 1.29 is 9.53 Å². The van der Waals surface area contributed by atoms with E-state index in [9.17, 15) is 9.59 Å². The van der Waals surface area contributed by atoms with Gasteiger partial charge in [-0.3, -0.25) is 19.1 Å². The predicted octanol–water partition coefficient (Wildman–Crippen LogP) is 2.73. The average molecular weight is 477 g/mol. The van der Waals surface area contributed by atoms with Gasteiger partial charge < -0.3 is 10.1 Å². The number of fused-ring (bicyclic) bond motifs is 3. The summed E-state index contributed by atoms with van der Waals surface area (Å²) in [6, 6.07) is 0. The monoisotopic (exact) mass is 476 g/mol. The van der Waals surface area contributed by atoms with Gasteiger partial charge in [0.05, 0.1) is 24.4 Å². The molecule has 1 saturated heterocycles. The molecule has 0 bridgehead atoms. The Bertz CT molecular complexity index is 1050. The number of ether oxygens (including phenoxy) is 1. The van der Waals surface area contributed by atoms with Crippen LogP contribution in [0.3, 0.4) is 0 Å². The smallest absolute Gasteiger partial charge is 0.262 e. The van der Waals surface area contributed by atoms with E-state index < -0.39 is 0 Å². The van der Waals surface area contributed by atoms with Crippen molar-refractivity contribution in [2.45, 2.75) is 62.1 Å². The third kappa shape index (κ3) is 4.24. The number of carbonyl (C=O) groups is 1. The maximum Gasteiger partial charge on any atom is 0.262 e. The molecule has 0 radical (unpaired) electrons. The lowest BCUT2D eigenvalue weighted by Gasteiger charge is -2.48. The molecule has 2 fully saturated rings. The van der Waals surface area contributed by atoms with Gasteiger partial charge in [0.1, 0.15) is 4.83 Å². The van der Waals surface area contributed by atoms with E-state index >= 15 is 0 Å². The quantitative estimate of drug-likeness (QED) is 0.510. The number of aromatic nitrogens is 2. The van der Waals surface area contributed by atoms with Gasteiger partial charge in [-0.2, -0.15) is 0 Å². The van der Waals surface area contributed by atoms with Crippen LogP contribution < -0.4 is 10.9 Å². The van der Waals surface area contributed by atoms with Crippen LogP contribution in [0, 0.1) is 0 Å². The van der Waals surface area contributed by atoms with E-state index in [-0.39, 0.29) is 22.8 Å². The molecule has 1 aliphatic heterocycles. The van der Waals surface area contributed by atoms with Gasteiger partial charge in [0.25, 0.3) is 5.56 Å². The zero-order valence-electron chi connectivity index (χ0n) is 18.8. The maximum absolute atomic E-state index is 13.0. The number of carbonyl (C=O) groups excluding carboxylic acids is 1. The van der Waals surface area contributed by atoms with Crippen molar-refractivity contribution in [2.75, 3.05) is 38.6 Å². The van der Waals surface area contributed by atoms with Crippen LogP contribution in [0.15, 0.2) is 9.95 Å². The number of thioether (sulfide) groups is 1. The van der Waals surface area contributed by atoms with Gasteiger partial charge in [-0.25, -0.2) is 4.98 Å². The van der Waals surface area contributed by atoms with E-state index in [0.29, 0.717) is 11.7 Å². The van der Waals surface area contributed by atoms with Crippen molar-refractivity contribution in [1.29, 1.82) is 0 Å². The lowest BCUT2D eigenvalue weighted by molar-refractivity contribution is -0.119. The first-order chi connectivity index (χ1) is 15.6. The first-order valence-corrected chi connectivity index (χ1v) is 13.6. The van der Waals surface area contributed by atoms with Crippen LogP contribution in [0.1, 0.15) is 49.0 Å². The summed E-state index contributed by atoms with van der Waals surface area (Å²) in [7, 11) is 1.77. The van der Waals surface area contributed by atoms with Gasteiger partial charge in [-0.1, -0.05) is 31.0 Å². The second kappa shape index (κ2) is 9.44. The first-order valence-electron chi connectivity index (χ1n) is 11.8. The van der Waals surface area contributed by atoms with Crippen LogP contribution in [0.25, 0.3) is 10.2 Å². The van der Waals surface area contributed by atoms with Gasteiger partial charge in [-0.15, -0.1) is 11.3 Å². The van der Waals surface area contributed by atoms with E-state index in [0.717, 1.165) is 68.6 Å². The Morgan fingerprint density at radius 2 is 1.97 bits per heavy atom. The number of nitrogens with zero attached hydrogens (tertiary/aromatic N) is 3. The van der Waals surface area contributed by atoms with Crippen LogP contribution >= 0.6 is 23.1 Å². The Balaban J connectivity index is 1.24. The highest BCUT2D eigenvalue weighted by Gasteiger charge is 2.38. The number of nitrogens with one attached hydrogen (secondary N) is 1. The Hall–Kier alpha value is -1.42. The first kappa shape index (κ1) is 22.4. The molecule has 0 atom stereocenters. The normalized spacial score (nSPS) is 21.0. The molecule has 5 rings (SSSR count). The van der Waals surface area contributed by atoms with Crippen molar-refractivity contribution in [3.63, 3.8) is 0 Å². The van der Waals surface area contributed by atoms with Gasteiger partial charge in [0.2, 0.25) is 5.91 Å². The standard InChI is InChI=1S/C23H32N4O3S2/c1-26-21(29)19-16-6-5-7-17(16)32-20(19)25-22(26)31-14-18(28)24-15-23(8-3-2-4-9-23)27-10-12-30-13-11-27/h2-15H2,1H3,(H,24,28). The molecule has 0 spiro atoms. The molecular formula is C23H32N4O3S2. The second-order valence-corrected chi connectivity index (χ2v) is 11.3. The fourth-order valence-corrected chi connectivity index (χ4v) is 7.64. The minimum atomic E-state index is 0.0104. The molecule has 0 unspecified atom stereocenters. The molecule has 3 aliphatic rings. The van der Waals surface area contributed by atoms with Crippen molar-refractivity contribution in [3.05, 3.63) is 20.8 Å². The third-order valence-electron chi connectivity index (χ3n) is 7.32. The van der Waals surface area contributed by atoms with Crippen molar-refractivity contribution in [3.8, 4) is 0 Å². The number of hydrogen-bond donors (Lipinski definition) is 1. The number of thiophene rings is 1. The minimum Gasteiger partial charge on any atom is -0.379 e. The Kier molecular flexibility index (Phi) is 6.60. The predicted molar refractivity (Wildman–Crippen MR) is 129 cm³/mol. The summed E-state index contributed by atoms with van der Waals surface area (Å²) in [5.74, 6) is 0.284. The van der Waals surface area contributed by atoms with Crippen LogP contribution in [0.5, 0.6) is 0 Å². The summed E-state index contributed by atoms with van der Waals surface area (Å²) in [4.78, 5) is 35.2. The number of aryl methyl sites for hydroxylation is 2. The third-order valence-corrected chi connectivity index (χ3v) is 9.53. The lowest BCUT2D eigenvalue weighted by atomic mass is 9.79. The zero-order valence-corrected chi connectivity index (χ0v) is 20.4. The Labute approximate surface area is 196 Å². The summed E-state index contributed by atoms with van der Waals surface area (Å²) < 4.78 is 7.17. The van der Waals surface area contributed by atoms with E-state index in [1.165, 1.54) is 41.5 Å². The summed E-state index contributed by atoms with van der Waals surface area (Å²) >= 11 is 3.01. The minimum absolute atomic E-state index is 0.0104. The van der Waals surface area contributed by atoms with Crippen molar-refractivity contribution in [2.24, 2.45) is 7.05 Å². The van der Waals surface area contributed by atoms with Crippen molar-refractivity contribution in [1.82, 2.24) is 19.8 Å². The fraction of sp³-hybridized carbons (Fsp3) is 0.696. The highest BCUT2D eigenvalue weighted by Crippen LogP contribution is 2.36. The SMILES string of the molecule is Cn1c(SCC(=O)NCC2(N3CCOCC3)CCCCC2)nc2sc3c(c2c1=O)CCC3. The number of morpholine rings is 1. The van der Waals surface area contributed by atoms with Gasteiger partial charge in [0, 0.05) is 37.1 Å². The largest absolute Gasteiger partial charge is 0.379 e. The lowest BCUT2D eigenvalue weighted by Crippen LogP contribution is -2.59. The van der Waals surface area contributed by atoms with Crippen LogP contribution in [-0.2, 0) is 29.4 Å². The van der Waals surface area contributed by atoms with Gasteiger partial charge in [0.15, 0.2) is 5.16 Å². The molecule has 1 amide bonds. The Morgan fingerprint density at radius 1 is 1.19 bits per heavy atom. The average Bonchev–Trinajstić information content (AvgIpc) is 3.41. The van der Waals surface area contributed by atoms with Crippen molar-refractivity contribution >= 4 is 39.2 Å². The molecular weight excluding hydrogens is 444 g/mol. The molecule has 9 heteroatoms. The fourth-order valence-electron chi connectivity index (χ4n) is 5.53. The van der Waals surface area contributed by atoms with Crippen LogP contribution in [-0.4, -0.2) is 64.5 Å². The molecule has 2 aliphatic carbocycles. The highest BCUT2D eigenvalue weighted by atomic mass is 32.2. The number of rotatable bonds is 6. The van der Waals surface area contributed by atoms with E-state index in [1.54, 1.807) is 23.0 Å². The molecule has 7 nitrogen and oxygen atoms in total. The molecule has 3 heterocycles. The second-order valence-electron chi connectivity index (χ2n) is 9.25. The summed E-state index contributed by atoms with van der Waals surface area (Å²) in [5.41, 5.74) is 1.28. The van der Waals surface area contributed by atoms with E-state index in [2.05, 4.69) is 10.2 Å². The van der Waals surface area contributed by atoms with Gasteiger partial charge in [-0.05, 0) is 37.7 Å². The molecule has 0 aromatic carbocycles. The summed E-state index contributed by atoms with van der Waals surface area (Å²) in [6.45, 7) is 4.14. The summed E-state index contributed by atoms with van der Waals surface area (Å²) in [6.07, 6.45) is 9.15. The molecule has 1 N–H and O–H groups in total. The van der Waals surface area contributed by atoms with Crippen LogP contribution in [0.4, 0.5) is 0 Å².